The summed E-state index contributed by atoms with van der Waals surface area (Å²) in [5.41, 5.74) is -1.25. The Morgan fingerprint density at radius 1 is 1.07 bits per heavy atom. The maximum Gasteiger partial charge on any atom is 0.318 e. The van der Waals surface area contributed by atoms with Gasteiger partial charge in [-0.25, -0.2) is 4.98 Å². The lowest BCUT2D eigenvalue weighted by Crippen LogP contribution is -2.75. The number of rotatable bonds is 3. The number of Topliss-reactive ketones (excluding diaryl/α,β-unsaturated/α-hetero) is 1. The summed E-state index contributed by atoms with van der Waals surface area (Å²) < 4.78 is 12.3. The van der Waals surface area contributed by atoms with E-state index in [1.807, 2.05) is 30.3 Å². The molecule has 2 aliphatic rings. The fourth-order valence-electron chi connectivity index (χ4n) is 4.25. The molecule has 4 unspecified atom stereocenters. The van der Waals surface area contributed by atoms with Crippen molar-refractivity contribution in [3.63, 3.8) is 0 Å². The van der Waals surface area contributed by atoms with E-state index in [4.69, 9.17) is 9.47 Å². The Kier molecular flexibility index (Phi) is 4.45. The minimum Gasteiger partial charge on any atom is -0.484 e. The number of aliphatic hydroxyl groups is 1. The number of benzene rings is 2. The van der Waals surface area contributed by atoms with Crippen molar-refractivity contribution in [2.24, 2.45) is 5.92 Å². The predicted octanol–water partition coefficient (Wildman–Crippen LogP) is 3.54. The van der Waals surface area contributed by atoms with Gasteiger partial charge in [-0.2, -0.15) is 0 Å². The maximum atomic E-state index is 13.2. The highest BCUT2D eigenvalue weighted by Gasteiger charge is 2.73. The number of carbonyl (C=O) groups is 2. The summed E-state index contributed by atoms with van der Waals surface area (Å²) in [4.78, 5) is 30.4. The van der Waals surface area contributed by atoms with Crippen LogP contribution in [0.15, 0.2) is 77.4 Å². The zero-order valence-electron chi connectivity index (χ0n) is 15.6. The molecule has 2 heterocycles. The molecule has 1 aliphatic heterocycles. The van der Waals surface area contributed by atoms with Gasteiger partial charge in [0.25, 0.3) is 0 Å². The first kappa shape index (κ1) is 19.0. The quantitative estimate of drug-likeness (QED) is 0.470. The molecule has 1 N–H and O–H groups in total. The third kappa shape index (κ3) is 2.77. The molecule has 0 spiro atoms. The molecule has 0 amide bonds. The largest absolute Gasteiger partial charge is 0.484 e. The number of hydrogen-bond acceptors (Lipinski definition) is 6. The summed E-state index contributed by atoms with van der Waals surface area (Å²) in [5.74, 6) is -2.37. The topological polar surface area (TPSA) is 85.7 Å². The zero-order valence-corrected chi connectivity index (χ0v) is 17.2. The summed E-state index contributed by atoms with van der Waals surface area (Å²) in [6.45, 7) is 0. The molecular formula is C23H16BrNO5. The number of ketones is 1. The van der Waals surface area contributed by atoms with Crippen molar-refractivity contribution < 1.29 is 24.2 Å². The number of aromatic nitrogens is 1. The van der Waals surface area contributed by atoms with Gasteiger partial charge in [0, 0.05) is 16.6 Å². The monoisotopic (exact) mass is 465 g/mol. The third-order valence-electron chi connectivity index (χ3n) is 5.67. The van der Waals surface area contributed by atoms with Crippen LogP contribution in [0.3, 0.4) is 0 Å². The van der Waals surface area contributed by atoms with Crippen LogP contribution in [-0.4, -0.2) is 33.5 Å². The fraction of sp³-hybridized carbons (Fsp3) is 0.174. The maximum absolute atomic E-state index is 13.2. The van der Waals surface area contributed by atoms with Gasteiger partial charge in [0.1, 0.15) is 23.5 Å². The first-order valence-corrected chi connectivity index (χ1v) is 10.2. The van der Waals surface area contributed by atoms with E-state index in [1.165, 1.54) is 6.20 Å². The average molecular weight is 466 g/mol. The van der Waals surface area contributed by atoms with Crippen molar-refractivity contribution in [2.45, 2.75) is 17.6 Å². The van der Waals surface area contributed by atoms with Gasteiger partial charge < -0.3 is 14.6 Å². The second-order valence-corrected chi connectivity index (χ2v) is 8.25. The van der Waals surface area contributed by atoms with E-state index >= 15 is 0 Å². The van der Waals surface area contributed by atoms with Crippen molar-refractivity contribution >= 4 is 27.7 Å². The zero-order chi connectivity index (χ0) is 20.9. The van der Waals surface area contributed by atoms with Crippen molar-refractivity contribution in [1.82, 2.24) is 4.98 Å². The van der Waals surface area contributed by atoms with E-state index in [2.05, 4.69) is 20.9 Å². The van der Waals surface area contributed by atoms with Gasteiger partial charge in [0.05, 0.1) is 0 Å². The highest BCUT2D eigenvalue weighted by Crippen LogP contribution is 2.56. The van der Waals surface area contributed by atoms with E-state index in [-0.39, 0.29) is 5.69 Å². The Balaban J connectivity index is 1.55. The number of halogens is 1. The number of nitrogens with zero attached hydrogens (tertiary/aromatic N) is 1. The van der Waals surface area contributed by atoms with Crippen LogP contribution >= 0.6 is 15.9 Å². The van der Waals surface area contributed by atoms with Crippen LogP contribution in [0.5, 0.6) is 11.5 Å². The summed E-state index contributed by atoms with van der Waals surface area (Å²) in [5, 5.41) is 11.4. The second kappa shape index (κ2) is 7.04. The highest BCUT2D eigenvalue weighted by molar-refractivity contribution is 9.10. The number of pyridine rings is 1. The average Bonchev–Trinajstić information content (AvgIpc) is 2.76. The molecule has 4 atom stereocenters. The van der Waals surface area contributed by atoms with Gasteiger partial charge in [-0.1, -0.05) is 46.3 Å². The van der Waals surface area contributed by atoms with E-state index in [1.54, 1.807) is 36.4 Å². The molecule has 2 aromatic carbocycles. The second-order valence-electron chi connectivity index (χ2n) is 7.33. The number of ether oxygens (including phenoxy) is 2. The Morgan fingerprint density at radius 2 is 1.80 bits per heavy atom. The number of carbonyl (C=O) groups excluding carboxylic acids is 2. The number of fused-ring (bicyclic) bond motifs is 2. The number of hydrogen-bond donors (Lipinski definition) is 1. The molecule has 5 rings (SSSR count). The Bertz CT molecular complexity index is 1130. The van der Waals surface area contributed by atoms with E-state index in [0.717, 1.165) is 10.0 Å². The smallest absolute Gasteiger partial charge is 0.318 e. The van der Waals surface area contributed by atoms with Gasteiger partial charge in [-0.3, -0.25) is 9.59 Å². The molecule has 0 saturated heterocycles. The molecule has 1 fully saturated rings. The minimum absolute atomic E-state index is 0.0178. The first-order chi connectivity index (χ1) is 14.5. The van der Waals surface area contributed by atoms with Crippen LogP contribution < -0.4 is 9.47 Å². The summed E-state index contributed by atoms with van der Waals surface area (Å²) in [6.07, 6.45) is 0.540. The van der Waals surface area contributed by atoms with Crippen LogP contribution in [0.2, 0.25) is 0 Å². The van der Waals surface area contributed by atoms with Crippen LogP contribution in [0, 0.1) is 5.92 Å². The summed E-state index contributed by atoms with van der Waals surface area (Å²) in [6, 6.07) is 19.3. The van der Waals surface area contributed by atoms with Crippen molar-refractivity contribution in [2.75, 3.05) is 0 Å². The predicted molar refractivity (Wildman–Crippen MR) is 110 cm³/mol. The lowest BCUT2D eigenvalue weighted by molar-refractivity contribution is -0.192. The molecule has 30 heavy (non-hydrogen) atoms. The van der Waals surface area contributed by atoms with Gasteiger partial charge in [-0.15, -0.1) is 0 Å². The van der Waals surface area contributed by atoms with E-state index < -0.39 is 35.3 Å². The van der Waals surface area contributed by atoms with Gasteiger partial charge in [0.15, 0.2) is 11.3 Å². The van der Waals surface area contributed by atoms with Crippen molar-refractivity contribution in [1.29, 1.82) is 0 Å². The van der Waals surface area contributed by atoms with Crippen LogP contribution in [0.1, 0.15) is 22.0 Å². The lowest BCUT2D eigenvalue weighted by atomic mass is 9.53. The normalized spacial score (nSPS) is 26.6. The molecule has 3 aromatic rings. The first-order valence-electron chi connectivity index (χ1n) is 9.41. The molecule has 0 radical (unpaired) electrons. The SMILES string of the molecule is O=C(Oc1ccc(Br)cc1)C1C(c2ccccc2)C2Oc3cccnc3C(=O)C21O. The molecular weight excluding hydrogens is 450 g/mol. The molecule has 7 heteroatoms. The highest BCUT2D eigenvalue weighted by atomic mass is 79.9. The lowest BCUT2D eigenvalue weighted by Gasteiger charge is -2.56. The van der Waals surface area contributed by atoms with Crippen molar-refractivity contribution in [3.05, 3.63) is 88.7 Å². The number of esters is 1. The Hall–Kier alpha value is -3.03. The third-order valence-corrected chi connectivity index (χ3v) is 6.20. The van der Waals surface area contributed by atoms with Crippen LogP contribution in [0.4, 0.5) is 0 Å². The fourth-order valence-corrected chi connectivity index (χ4v) is 4.51. The van der Waals surface area contributed by atoms with Crippen LogP contribution in [0.25, 0.3) is 0 Å². The minimum atomic E-state index is -2.05. The molecule has 1 saturated carbocycles. The molecule has 6 nitrogen and oxygen atoms in total. The summed E-state index contributed by atoms with van der Waals surface area (Å²) >= 11 is 3.33. The van der Waals surface area contributed by atoms with Gasteiger partial charge in [0.2, 0.25) is 5.78 Å². The van der Waals surface area contributed by atoms with Crippen molar-refractivity contribution in [3.8, 4) is 11.5 Å². The van der Waals surface area contributed by atoms with Crippen LogP contribution in [-0.2, 0) is 4.79 Å². The van der Waals surface area contributed by atoms with Gasteiger partial charge >= 0.3 is 5.97 Å². The Labute approximate surface area is 180 Å². The standard InChI is InChI=1S/C23H16BrNO5/c24-14-8-10-15(11-9-14)29-22(27)18-17(13-5-2-1-3-6-13)21-23(18,28)20(26)19-16(30-21)7-4-12-25-19/h1-12,17-18,21,28H. The molecule has 1 aromatic heterocycles. The van der Waals surface area contributed by atoms with Gasteiger partial charge in [-0.05, 0) is 42.0 Å². The summed E-state index contributed by atoms with van der Waals surface area (Å²) in [7, 11) is 0. The molecule has 0 bridgehead atoms. The van der Waals surface area contributed by atoms with E-state index in [0.29, 0.717) is 11.5 Å². The Morgan fingerprint density at radius 3 is 2.53 bits per heavy atom. The van der Waals surface area contributed by atoms with E-state index in [9.17, 15) is 14.7 Å². The molecule has 150 valence electrons. The molecule has 1 aliphatic carbocycles.